The smallest absolute Gasteiger partial charge is 0.0896 e. The van der Waals surface area contributed by atoms with E-state index < -0.39 is 0 Å². The van der Waals surface area contributed by atoms with Gasteiger partial charge < -0.3 is 0 Å². The third kappa shape index (κ3) is 4.80. The highest BCUT2D eigenvalue weighted by atomic mass is 15.3. The summed E-state index contributed by atoms with van der Waals surface area (Å²) in [6.45, 7) is 11.3. The first-order valence-corrected chi connectivity index (χ1v) is 4.15. The van der Waals surface area contributed by atoms with Gasteiger partial charge in [-0.2, -0.15) is 5.10 Å². The van der Waals surface area contributed by atoms with Crippen LogP contribution in [0.1, 0.15) is 13.8 Å². The average Bonchev–Trinajstić information content (AvgIpc) is 2.12. The number of allylic oxidation sites excluding steroid dienone is 5. The molecule has 0 heterocycles. The van der Waals surface area contributed by atoms with Crippen molar-refractivity contribution in [3.05, 3.63) is 49.2 Å². The Bertz CT molecular complexity index is 257. The Balaban J connectivity index is 4.59. The highest BCUT2D eigenvalue weighted by Gasteiger charge is 1.94. The molecule has 0 aliphatic carbocycles. The molecular weight excluding hydrogens is 160 g/mol. The molecule has 2 heteroatoms. The third-order valence-corrected chi connectivity index (χ3v) is 1.30. The first-order valence-electron chi connectivity index (χ1n) is 4.15. The van der Waals surface area contributed by atoms with Crippen molar-refractivity contribution in [2.75, 3.05) is 0 Å². The molecule has 70 valence electrons. The fourth-order valence-electron chi connectivity index (χ4n) is 0.776. The zero-order chi connectivity index (χ0) is 10.1. The van der Waals surface area contributed by atoms with Crippen molar-refractivity contribution in [1.82, 2.24) is 5.43 Å². The van der Waals surface area contributed by atoms with Crippen molar-refractivity contribution in [3.63, 3.8) is 0 Å². The van der Waals surface area contributed by atoms with Gasteiger partial charge in [-0.05, 0) is 25.5 Å². The summed E-state index contributed by atoms with van der Waals surface area (Å²) >= 11 is 0. The lowest BCUT2D eigenvalue weighted by Crippen LogP contribution is -2.03. The van der Waals surface area contributed by atoms with Crippen LogP contribution >= 0.6 is 0 Å². The van der Waals surface area contributed by atoms with Crippen LogP contribution in [0.2, 0.25) is 0 Å². The minimum absolute atomic E-state index is 0.806. The molecule has 0 aromatic heterocycles. The molecule has 0 spiro atoms. The normalized spacial score (nSPS) is 12.3. The highest BCUT2D eigenvalue weighted by Crippen LogP contribution is 1.98. The van der Waals surface area contributed by atoms with E-state index in [1.807, 2.05) is 38.2 Å². The van der Waals surface area contributed by atoms with Gasteiger partial charge in [0, 0.05) is 6.20 Å². The minimum atomic E-state index is 0.806. The zero-order valence-corrected chi connectivity index (χ0v) is 8.25. The van der Waals surface area contributed by atoms with Crippen LogP contribution in [0, 0.1) is 0 Å². The van der Waals surface area contributed by atoms with E-state index in [1.54, 1.807) is 0 Å². The summed E-state index contributed by atoms with van der Waals surface area (Å²) < 4.78 is 0. The van der Waals surface area contributed by atoms with E-state index >= 15 is 0 Å². The van der Waals surface area contributed by atoms with Crippen LogP contribution in [0.25, 0.3) is 0 Å². The number of nitrogens with one attached hydrogen (secondary N) is 1. The van der Waals surface area contributed by atoms with E-state index in [0.29, 0.717) is 0 Å². The van der Waals surface area contributed by atoms with E-state index in [-0.39, 0.29) is 0 Å². The second-order valence-electron chi connectivity index (χ2n) is 2.36. The summed E-state index contributed by atoms with van der Waals surface area (Å²) in [5, 5.41) is 4.06. The predicted molar refractivity (Wildman–Crippen MR) is 59.5 cm³/mol. The van der Waals surface area contributed by atoms with Gasteiger partial charge in [0.05, 0.1) is 5.71 Å². The SMILES string of the molecule is C=CN/N=C(/C=C\C)C(=C)/C=C\C. The van der Waals surface area contributed by atoms with Gasteiger partial charge in [-0.25, -0.2) is 0 Å². The standard InChI is InChI=1S/C11H16N2/c1-5-8-10(4)11(9-6-2)13-12-7-3/h5-9,12H,3-4H2,1-2H3/b8-5-,9-6-,13-11-. The topological polar surface area (TPSA) is 24.4 Å². The predicted octanol–water partition coefficient (Wildman–Crippen LogP) is 2.78. The van der Waals surface area contributed by atoms with Gasteiger partial charge in [0.2, 0.25) is 0 Å². The number of nitrogens with zero attached hydrogens (tertiary/aromatic N) is 1. The zero-order valence-electron chi connectivity index (χ0n) is 8.25. The van der Waals surface area contributed by atoms with E-state index in [0.717, 1.165) is 11.3 Å². The molecule has 0 aliphatic heterocycles. The van der Waals surface area contributed by atoms with Gasteiger partial charge in [-0.1, -0.05) is 31.4 Å². The van der Waals surface area contributed by atoms with Crippen molar-refractivity contribution in [3.8, 4) is 0 Å². The van der Waals surface area contributed by atoms with Gasteiger partial charge in [0.1, 0.15) is 0 Å². The summed E-state index contributed by atoms with van der Waals surface area (Å²) in [6, 6.07) is 0. The molecule has 0 atom stereocenters. The van der Waals surface area contributed by atoms with E-state index in [9.17, 15) is 0 Å². The fraction of sp³-hybridized carbons (Fsp3) is 0.182. The summed E-state index contributed by atoms with van der Waals surface area (Å²) in [7, 11) is 0. The molecule has 0 aromatic rings. The molecule has 0 radical (unpaired) electrons. The molecule has 2 nitrogen and oxygen atoms in total. The van der Waals surface area contributed by atoms with Crippen LogP contribution in [0.15, 0.2) is 54.3 Å². The highest BCUT2D eigenvalue weighted by molar-refractivity contribution is 6.09. The van der Waals surface area contributed by atoms with Gasteiger partial charge in [-0.15, -0.1) is 0 Å². The van der Waals surface area contributed by atoms with E-state index in [2.05, 4.69) is 23.7 Å². The Hall–Kier alpha value is -1.57. The van der Waals surface area contributed by atoms with Crippen LogP contribution in [-0.4, -0.2) is 5.71 Å². The van der Waals surface area contributed by atoms with Crippen molar-refractivity contribution in [2.45, 2.75) is 13.8 Å². The Kier molecular flexibility index (Phi) is 6.24. The third-order valence-electron chi connectivity index (χ3n) is 1.30. The second kappa shape index (κ2) is 7.10. The van der Waals surface area contributed by atoms with E-state index in [4.69, 9.17) is 0 Å². The van der Waals surface area contributed by atoms with Crippen LogP contribution in [0.3, 0.4) is 0 Å². The summed E-state index contributed by atoms with van der Waals surface area (Å²) in [4.78, 5) is 0. The van der Waals surface area contributed by atoms with Crippen LogP contribution in [-0.2, 0) is 0 Å². The molecule has 0 saturated carbocycles. The Morgan fingerprint density at radius 2 is 1.85 bits per heavy atom. The molecule has 0 fully saturated rings. The molecule has 13 heavy (non-hydrogen) atoms. The minimum Gasteiger partial charge on any atom is -0.286 e. The quantitative estimate of drug-likeness (QED) is 0.389. The number of hydrogen-bond acceptors (Lipinski definition) is 2. The maximum atomic E-state index is 4.06. The molecular formula is C11H16N2. The van der Waals surface area contributed by atoms with Crippen LogP contribution < -0.4 is 5.43 Å². The van der Waals surface area contributed by atoms with Gasteiger partial charge in [-0.3, -0.25) is 5.43 Å². The van der Waals surface area contributed by atoms with E-state index in [1.165, 1.54) is 6.20 Å². The maximum Gasteiger partial charge on any atom is 0.0896 e. The molecule has 0 unspecified atom stereocenters. The van der Waals surface area contributed by atoms with Crippen molar-refractivity contribution < 1.29 is 0 Å². The molecule has 0 rings (SSSR count). The summed E-state index contributed by atoms with van der Waals surface area (Å²) in [6.07, 6.45) is 9.16. The molecule has 0 aromatic carbocycles. The lowest BCUT2D eigenvalue weighted by molar-refractivity contribution is 0.973. The van der Waals surface area contributed by atoms with Crippen molar-refractivity contribution in [2.24, 2.45) is 5.10 Å². The Morgan fingerprint density at radius 1 is 1.23 bits per heavy atom. The van der Waals surface area contributed by atoms with Gasteiger partial charge in [0.15, 0.2) is 0 Å². The average molecular weight is 176 g/mol. The Morgan fingerprint density at radius 3 is 2.31 bits per heavy atom. The van der Waals surface area contributed by atoms with Gasteiger partial charge in [0.25, 0.3) is 0 Å². The summed E-state index contributed by atoms with van der Waals surface area (Å²) in [5.74, 6) is 0. The first kappa shape index (κ1) is 11.4. The fourth-order valence-corrected chi connectivity index (χ4v) is 0.776. The number of hydrogen-bond donors (Lipinski definition) is 1. The van der Waals surface area contributed by atoms with Gasteiger partial charge >= 0.3 is 0 Å². The lowest BCUT2D eigenvalue weighted by atomic mass is 10.1. The molecule has 1 N–H and O–H groups in total. The Labute approximate surface area is 80.0 Å². The summed E-state index contributed by atoms with van der Waals surface area (Å²) in [5.41, 5.74) is 4.35. The van der Waals surface area contributed by atoms with Crippen molar-refractivity contribution in [1.29, 1.82) is 0 Å². The molecule has 0 amide bonds. The van der Waals surface area contributed by atoms with Crippen LogP contribution in [0.5, 0.6) is 0 Å². The monoisotopic (exact) mass is 176 g/mol. The lowest BCUT2D eigenvalue weighted by Gasteiger charge is -1.99. The second-order valence-corrected chi connectivity index (χ2v) is 2.36. The maximum absolute atomic E-state index is 4.06. The first-order chi connectivity index (χ1) is 6.26. The number of rotatable bonds is 5. The molecule has 0 bridgehead atoms. The largest absolute Gasteiger partial charge is 0.286 e. The van der Waals surface area contributed by atoms with Crippen molar-refractivity contribution >= 4 is 5.71 Å². The molecule has 0 aliphatic rings. The number of hydrazone groups is 1. The van der Waals surface area contributed by atoms with Crippen LogP contribution in [0.4, 0.5) is 0 Å². The molecule has 0 saturated heterocycles.